The van der Waals surface area contributed by atoms with Gasteiger partial charge >= 0.3 is 0 Å². The highest BCUT2D eigenvalue weighted by atomic mass is 127. The number of benzene rings is 1. The molecule has 0 radical (unpaired) electrons. The van der Waals surface area contributed by atoms with Crippen molar-refractivity contribution in [1.82, 2.24) is 4.90 Å². The van der Waals surface area contributed by atoms with E-state index in [1.807, 2.05) is 19.1 Å². The number of unbranched alkanes of at least 4 members (excludes halogenated alkanes) is 2. The van der Waals surface area contributed by atoms with Gasteiger partial charge in [-0.05, 0) is 63.8 Å². The summed E-state index contributed by atoms with van der Waals surface area (Å²) in [7, 11) is 0. The number of hydrogen-bond donors (Lipinski definition) is 1. The largest absolute Gasteiger partial charge is 0.497 e. The summed E-state index contributed by atoms with van der Waals surface area (Å²) in [6.45, 7) is 7.41. The van der Waals surface area contributed by atoms with Gasteiger partial charge in [0.15, 0.2) is 0 Å². The minimum atomic E-state index is -0.0588. The van der Waals surface area contributed by atoms with Crippen LogP contribution >= 0.6 is 22.6 Å². The number of nitrogens with two attached hydrogens (primary N) is 1. The Morgan fingerprint density at radius 1 is 1.21 bits per heavy atom. The zero-order valence-corrected chi connectivity index (χ0v) is 17.4. The van der Waals surface area contributed by atoms with Crippen molar-refractivity contribution < 1.29 is 4.74 Å². The summed E-state index contributed by atoms with van der Waals surface area (Å²) >= 11 is 2.45. The Balaban J connectivity index is 2.20. The summed E-state index contributed by atoms with van der Waals surface area (Å²) in [4.78, 5) is 2.51. The van der Waals surface area contributed by atoms with Crippen LogP contribution < -0.4 is 5.73 Å². The van der Waals surface area contributed by atoms with E-state index in [0.29, 0.717) is 0 Å². The number of hydrogen-bond acceptors (Lipinski definition) is 3. The van der Waals surface area contributed by atoms with E-state index in [-0.39, 0.29) is 6.04 Å². The highest BCUT2D eigenvalue weighted by molar-refractivity contribution is 14.1. The van der Waals surface area contributed by atoms with E-state index in [4.69, 9.17) is 10.5 Å². The Labute approximate surface area is 161 Å². The molecule has 0 heterocycles. The average Bonchev–Trinajstić information content (AvgIpc) is 2.60. The molecule has 0 aliphatic carbocycles. The van der Waals surface area contributed by atoms with E-state index in [2.05, 4.69) is 58.7 Å². The molecule has 1 unspecified atom stereocenters. The maximum absolute atomic E-state index is 6.29. The van der Waals surface area contributed by atoms with Gasteiger partial charge in [-0.1, -0.05) is 59.8 Å². The number of ether oxygens (including phenoxy) is 1. The fourth-order valence-electron chi connectivity index (χ4n) is 2.72. The summed E-state index contributed by atoms with van der Waals surface area (Å²) < 4.78 is 7.05. The van der Waals surface area contributed by atoms with Crippen molar-refractivity contribution >= 4 is 22.6 Å². The van der Waals surface area contributed by atoms with Crippen LogP contribution in [-0.2, 0) is 11.2 Å². The van der Waals surface area contributed by atoms with Gasteiger partial charge in [-0.2, -0.15) is 0 Å². The highest BCUT2D eigenvalue weighted by Crippen LogP contribution is 2.11. The third-order valence-electron chi connectivity index (χ3n) is 4.04. The number of nitrogens with zero attached hydrogens (tertiary/aromatic N) is 1. The summed E-state index contributed by atoms with van der Waals surface area (Å²) in [6, 6.07) is 10.3. The lowest BCUT2D eigenvalue weighted by atomic mass is 10.1. The molecule has 1 aromatic carbocycles. The lowest BCUT2D eigenvalue weighted by molar-refractivity contribution is 0.185. The summed E-state index contributed by atoms with van der Waals surface area (Å²) in [5.41, 5.74) is 7.54. The lowest BCUT2D eigenvalue weighted by Crippen LogP contribution is -2.27. The molecular formula is C20H33IN2O. The van der Waals surface area contributed by atoms with Crippen LogP contribution in [0.5, 0.6) is 0 Å². The summed E-state index contributed by atoms with van der Waals surface area (Å²) in [6.07, 6.45) is 7.61. The molecule has 0 aliphatic heterocycles. The van der Waals surface area contributed by atoms with E-state index in [9.17, 15) is 0 Å². The zero-order chi connectivity index (χ0) is 17.6. The smallest absolute Gasteiger partial charge is 0.109 e. The molecule has 136 valence electrons. The molecule has 1 atom stereocenters. The standard InChI is InChI=1S/C20H33IN2O/c1-3-13-23(17-21)14-9-6-10-15-24-20(4-2)19(22)16-18-11-7-5-8-12-18/h4-5,7-8,11-12,19H,3,6,9-10,13-17,22H2,1-2H3/b20-4+. The van der Waals surface area contributed by atoms with Gasteiger partial charge in [0.1, 0.15) is 5.76 Å². The molecule has 24 heavy (non-hydrogen) atoms. The molecule has 3 nitrogen and oxygen atoms in total. The van der Waals surface area contributed by atoms with Crippen molar-refractivity contribution in [3.63, 3.8) is 0 Å². The molecular weight excluding hydrogens is 411 g/mol. The molecule has 0 aromatic heterocycles. The normalized spacial score (nSPS) is 13.3. The topological polar surface area (TPSA) is 38.5 Å². The first kappa shape index (κ1) is 21.5. The van der Waals surface area contributed by atoms with Crippen LogP contribution in [0.4, 0.5) is 0 Å². The Hall–Kier alpha value is -0.590. The van der Waals surface area contributed by atoms with Crippen molar-refractivity contribution in [1.29, 1.82) is 0 Å². The van der Waals surface area contributed by atoms with Gasteiger partial charge in [0.2, 0.25) is 0 Å². The van der Waals surface area contributed by atoms with Crippen LogP contribution in [0.1, 0.15) is 45.1 Å². The van der Waals surface area contributed by atoms with Crippen molar-refractivity contribution in [3.05, 3.63) is 47.7 Å². The Kier molecular flexibility index (Phi) is 12.2. The Bertz CT molecular complexity index is 450. The fraction of sp³-hybridized carbons (Fsp3) is 0.600. The molecule has 0 spiro atoms. The molecule has 0 fully saturated rings. The minimum Gasteiger partial charge on any atom is -0.497 e. The summed E-state index contributed by atoms with van der Waals surface area (Å²) in [5.74, 6) is 0.915. The van der Waals surface area contributed by atoms with Gasteiger partial charge in [0.05, 0.1) is 17.2 Å². The van der Waals surface area contributed by atoms with E-state index < -0.39 is 0 Å². The van der Waals surface area contributed by atoms with Crippen molar-refractivity contribution in [2.45, 2.75) is 52.0 Å². The molecule has 4 heteroatoms. The second-order valence-corrected chi connectivity index (χ2v) is 6.82. The van der Waals surface area contributed by atoms with E-state index in [1.165, 1.54) is 37.9 Å². The van der Waals surface area contributed by atoms with Gasteiger partial charge in [-0.3, -0.25) is 4.90 Å². The minimum absolute atomic E-state index is 0.0588. The van der Waals surface area contributed by atoms with E-state index in [1.54, 1.807) is 0 Å². The van der Waals surface area contributed by atoms with E-state index >= 15 is 0 Å². The average molecular weight is 444 g/mol. The summed E-state index contributed by atoms with van der Waals surface area (Å²) in [5, 5.41) is 0. The molecule has 1 aromatic rings. The van der Waals surface area contributed by atoms with Crippen LogP contribution in [0.15, 0.2) is 42.2 Å². The second-order valence-electron chi connectivity index (χ2n) is 6.13. The predicted molar refractivity (Wildman–Crippen MR) is 112 cm³/mol. The van der Waals surface area contributed by atoms with Gasteiger partial charge < -0.3 is 10.5 Å². The maximum atomic E-state index is 6.29. The van der Waals surface area contributed by atoms with Gasteiger partial charge in [0.25, 0.3) is 0 Å². The number of rotatable bonds is 13. The molecule has 0 bridgehead atoms. The number of halogens is 1. The quantitative estimate of drug-likeness (QED) is 0.157. The zero-order valence-electron chi connectivity index (χ0n) is 15.2. The monoisotopic (exact) mass is 444 g/mol. The van der Waals surface area contributed by atoms with Crippen LogP contribution in [-0.4, -0.2) is 35.2 Å². The predicted octanol–water partition coefficient (Wildman–Crippen LogP) is 4.75. The third kappa shape index (κ3) is 9.04. The van der Waals surface area contributed by atoms with Crippen LogP contribution in [0.3, 0.4) is 0 Å². The van der Waals surface area contributed by atoms with Gasteiger partial charge in [0, 0.05) is 0 Å². The third-order valence-corrected chi connectivity index (χ3v) is 5.01. The molecule has 0 saturated carbocycles. The molecule has 0 aliphatic rings. The first-order chi connectivity index (χ1) is 11.7. The van der Waals surface area contributed by atoms with Crippen LogP contribution in [0.2, 0.25) is 0 Å². The van der Waals surface area contributed by atoms with Gasteiger partial charge in [-0.15, -0.1) is 0 Å². The Morgan fingerprint density at radius 2 is 1.96 bits per heavy atom. The van der Waals surface area contributed by atoms with Crippen molar-refractivity contribution in [2.75, 3.05) is 24.2 Å². The molecule has 2 N–H and O–H groups in total. The highest BCUT2D eigenvalue weighted by Gasteiger charge is 2.10. The fourth-order valence-corrected chi connectivity index (χ4v) is 3.41. The molecule has 0 saturated heterocycles. The van der Waals surface area contributed by atoms with Crippen LogP contribution in [0.25, 0.3) is 0 Å². The number of alkyl halides is 1. The molecule has 1 rings (SSSR count). The Morgan fingerprint density at radius 3 is 2.58 bits per heavy atom. The number of allylic oxidation sites excluding steroid dienone is 1. The van der Waals surface area contributed by atoms with E-state index in [0.717, 1.165) is 29.8 Å². The first-order valence-electron chi connectivity index (χ1n) is 9.08. The van der Waals surface area contributed by atoms with Gasteiger partial charge in [-0.25, -0.2) is 0 Å². The SMILES string of the molecule is C/C=C(/OCCCCCN(CI)CCC)C(N)Cc1ccccc1. The lowest BCUT2D eigenvalue weighted by Gasteiger charge is -2.19. The van der Waals surface area contributed by atoms with Crippen molar-refractivity contribution in [3.8, 4) is 0 Å². The first-order valence-corrected chi connectivity index (χ1v) is 10.6. The molecule has 0 amide bonds. The maximum Gasteiger partial charge on any atom is 0.109 e. The second kappa shape index (κ2) is 13.7. The van der Waals surface area contributed by atoms with Crippen molar-refractivity contribution in [2.24, 2.45) is 5.73 Å². The van der Waals surface area contributed by atoms with Crippen LogP contribution in [0, 0.1) is 0 Å².